The number of piperidine rings is 1. The summed E-state index contributed by atoms with van der Waals surface area (Å²) in [6.07, 6.45) is -1.15. The summed E-state index contributed by atoms with van der Waals surface area (Å²) >= 11 is 0. The van der Waals surface area contributed by atoms with Crippen LogP contribution in [0.25, 0.3) is 0 Å². The number of hydrogen-bond donors (Lipinski definition) is 0. The monoisotopic (exact) mass is 296 g/mol. The lowest BCUT2D eigenvalue weighted by Crippen LogP contribution is -2.38. The molecule has 0 aromatic heterocycles. The Balaban J connectivity index is 1.65. The number of anilines is 1. The van der Waals surface area contributed by atoms with Crippen LogP contribution >= 0.6 is 0 Å². The van der Waals surface area contributed by atoms with Crippen LogP contribution in [-0.2, 0) is 11.0 Å². The maximum absolute atomic E-state index is 12.8. The lowest BCUT2D eigenvalue weighted by Gasteiger charge is -2.25. The van der Waals surface area contributed by atoms with Crippen molar-refractivity contribution in [1.82, 2.24) is 4.90 Å². The number of carbonyl (C=O) groups is 1. The van der Waals surface area contributed by atoms with Crippen molar-refractivity contribution in [3.8, 4) is 0 Å². The number of rotatable bonds is 1. The minimum Gasteiger partial charge on any atom is -0.298 e. The van der Waals surface area contributed by atoms with Crippen molar-refractivity contribution in [2.45, 2.75) is 37.5 Å². The molecule has 2 saturated heterocycles. The zero-order valence-corrected chi connectivity index (χ0v) is 11.3. The quantitative estimate of drug-likeness (QED) is 0.795. The van der Waals surface area contributed by atoms with Gasteiger partial charge in [0.1, 0.15) is 0 Å². The molecule has 3 fully saturated rings. The van der Waals surface area contributed by atoms with Gasteiger partial charge in [-0.15, -0.1) is 0 Å². The van der Waals surface area contributed by atoms with E-state index in [4.69, 9.17) is 0 Å². The highest BCUT2D eigenvalue weighted by Crippen LogP contribution is 2.46. The number of amides is 1. The lowest BCUT2D eigenvalue weighted by atomic mass is 9.99. The van der Waals surface area contributed by atoms with Gasteiger partial charge in [-0.25, -0.2) is 0 Å². The van der Waals surface area contributed by atoms with Crippen LogP contribution in [-0.4, -0.2) is 29.6 Å². The molecule has 1 aromatic rings. The van der Waals surface area contributed by atoms with E-state index in [1.54, 1.807) is 6.07 Å². The molecule has 3 unspecified atom stereocenters. The zero-order chi connectivity index (χ0) is 14.8. The van der Waals surface area contributed by atoms with Gasteiger partial charge in [-0.05, 0) is 43.4 Å². The molecule has 1 aliphatic carbocycles. The Hall–Kier alpha value is -1.56. The summed E-state index contributed by atoms with van der Waals surface area (Å²) in [6.45, 7) is 0.423. The Bertz CT molecular complexity index is 601. The van der Waals surface area contributed by atoms with Gasteiger partial charge in [0, 0.05) is 11.7 Å². The van der Waals surface area contributed by atoms with Gasteiger partial charge in [0.15, 0.2) is 0 Å². The van der Waals surface area contributed by atoms with Crippen LogP contribution in [0.3, 0.4) is 0 Å². The summed E-state index contributed by atoms with van der Waals surface area (Å²) < 4.78 is 38.4. The molecule has 21 heavy (non-hydrogen) atoms. The Labute approximate surface area is 120 Å². The molecule has 0 N–H and O–H groups in total. The van der Waals surface area contributed by atoms with E-state index in [0.717, 1.165) is 31.4 Å². The van der Waals surface area contributed by atoms with E-state index in [1.807, 2.05) is 0 Å². The van der Waals surface area contributed by atoms with Crippen LogP contribution in [0.4, 0.5) is 18.9 Å². The molecule has 112 valence electrons. The van der Waals surface area contributed by atoms with E-state index in [-0.39, 0.29) is 11.9 Å². The fourth-order valence-corrected chi connectivity index (χ4v) is 4.08. The molecule has 4 rings (SSSR count). The molecule has 1 amide bonds. The predicted molar refractivity (Wildman–Crippen MR) is 70.6 cm³/mol. The van der Waals surface area contributed by atoms with Crippen molar-refractivity contribution in [3.63, 3.8) is 0 Å². The minimum atomic E-state index is -4.38. The second-order valence-corrected chi connectivity index (χ2v) is 6.14. The van der Waals surface area contributed by atoms with Crippen molar-refractivity contribution in [2.24, 2.45) is 5.92 Å². The molecule has 2 heterocycles. The van der Waals surface area contributed by atoms with E-state index in [0.29, 0.717) is 24.3 Å². The average molecular weight is 296 g/mol. The van der Waals surface area contributed by atoms with Crippen molar-refractivity contribution < 1.29 is 18.0 Å². The van der Waals surface area contributed by atoms with Crippen molar-refractivity contribution >= 4 is 11.6 Å². The number of hydrogen-bond acceptors (Lipinski definition) is 2. The van der Waals surface area contributed by atoms with E-state index >= 15 is 0 Å². The normalized spacial score (nSPS) is 32.0. The topological polar surface area (TPSA) is 23.6 Å². The van der Waals surface area contributed by atoms with Crippen LogP contribution in [0.15, 0.2) is 24.3 Å². The molecule has 3 nitrogen and oxygen atoms in total. The summed E-state index contributed by atoms with van der Waals surface area (Å²) in [5, 5.41) is 0. The number of carbonyl (C=O) groups excluding carboxylic acids is 1. The van der Waals surface area contributed by atoms with Crippen molar-refractivity contribution in [3.05, 3.63) is 29.8 Å². The molecule has 3 atom stereocenters. The SMILES string of the molecule is O=C1C2C3CCC(C3)N2CN1c1cccc(C(F)(F)F)c1. The summed E-state index contributed by atoms with van der Waals surface area (Å²) in [4.78, 5) is 16.2. The van der Waals surface area contributed by atoms with E-state index in [1.165, 1.54) is 11.0 Å². The lowest BCUT2D eigenvalue weighted by molar-refractivity contribution is -0.137. The molecule has 2 bridgehead atoms. The van der Waals surface area contributed by atoms with Gasteiger partial charge in [0.25, 0.3) is 0 Å². The maximum atomic E-state index is 12.8. The van der Waals surface area contributed by atoms with Crippen LogP contribution in [0, 0.1) is 5.92 Å². The Morgan fingerprint density at radius 1 is 1.19 bits per heavy atom. The van der Waals surface area contributed by atoms with Gasteiger partial charge in [0.05, 0.1) is 18.3 Å². The zero-order valence-electron chi connectivity index (χ0n) is 11.3. The number of fused-ring (bicyclic) bond motifs is 5. The average Bonchev–Trinajstić information content (AvgIpc) is 3.11. The highest BCUT2D eigenvalue weighted by molar-refractivity contribution is 6.00. The fraction of sp³-hybridized carbons (Fsp3) is 0.533. The fourth-order valence-electron chi connectivity index (χ4n) is 4.08. The third-order valence-electron chi connectivity index (χ3n) is 5.03. The van der Waals surface area contributed by atoms with Crippen LogP contribution in [0.2, 0.25) is 0 Å². The van der Waals surface area contributed by atoms with Crippen molar-refractivity contribution in [1.29, 1.82) is 0 Å². The van der Waals surface area contributed by atoms with Gasteiger partial charge in [0.2, 0.25) is 5.91 Å². The van der Waals surface area contributed by atoms with Crippen molar-refractivity contribution in [2.75, 3.05) is 11.6 Å². The first-order chi connectivity index (χ1) is 9.95. The van der Waals surface area contributed by atoms with Crippen LogP contribution in [0.5, 0.6) is 0 Å². The molecular weight excluding hydrogens is 281 g/mol. The third kappa shape index (κ3) is 1.88. The molecular formula is C15H15F3N2O. The summed E-state index contributed by atoms with van der Waals surface area (Å²) in [7, 11) is 0. The van der Waals surface area contributed by atoms with E-state index in [9.17, 15) is 18.0 Å². The summed E-state index contributed by atoms with van der Waals surface area (Å²) in [6, 6.07) is 5.37. The van der Waals surface area contributed by atoms with Gasteiger partial charge < -0.3 is 0 Å². The Morgan fingerprint density at radius 2 is 2.00 bits per heavy atom. The smallest absolute Gasteiger partial charge is 0.298 e. The first kappa shape index (κ1) is 13.1. The highest BCUT2D eigenvalue weighted by Gasteiger charge is 2.54. The Morgan fingerprint density at radius 3 is 2.71 bits per heavy atom. The molecule has 2 aliphatic heterocycles. The molecule has 6 heteroatoms. The number of halogens is 3. The largest absolute Gasteiger partial charge is 0.416 e. The van der Waals surface area contributed by atoms with Gasteiger partial charge in [-0.2, -0.15) is 13.2 Å². The summed E-state index contributed by atoms with van der Waals surface area (Å²) in [5.41, 5.74) is -0.355. The number of alkyl halides is 3. The molecule has 1 saturated carbocycles. The summed E-state index contributed by atoms with van der Waals surface area (Å²) in [5.74, 6) is 0.347. The molecule has 1 aromatic carbocycles. The third-order valence-corrected chi connectivity index (χ3v) is 5.03. The second-order valence-electron chi connectivity index (χ2n) is 6.14. The van der Waals surface area contributed by atoms with Crippen LogP contribution < -0.4 is 4.90 Å². The van der Waals surface area contributed by atoms with Gasteiger partial charge in [-0.3, -0.25) is 14.6 Å². The second kappa shape index (κ2) is 4.22. The van der Waals surface area contributed by atoms with Gasteiger partial charge >= 0.3 is 6.18 Å². The minimum absolute atomic E-state index is 0.0403. The van der Waals surface area contributed by atoms with E-state index in [2.05, 4.69) is 4.90 Å². The first-order valence-electron chi connectivity index (χ1n) is 7.19. The number of benzene rings is 1. The molecule has 3 aliphatic rings. The highest BCUT2D eigenvalue weighted by atomic mass is 19.4. The predicted octanol–water partition coefficient (Wildman–Crippen LogP) is 2.86. The molecule has 0 radical (unpaired) electrons. The van der Waals surface area contributed by atoms with E-state index < -0.39 is 11.7 Å². The van der Waals surface area contributed by atoms with Crippen LogP contribution in [0.1, 0.15) is 24.8 Å². The standard InChI is InChI=1S/C15H15F3N2O/c16-15(17,18)10-2-1-3-11(7-10)20-8-19-12-5-4-9(6-12)13(19)14(20)21/h1-3,7,9,12-13H,4-6,8H2. The van der Waals surface area contributed by atoms with Gasteiger partial charge in [-0.1, -0.05) is 6.07 Å². The first-order valence-corrected chi connectivity index (χ1v) is 7.19. The number of nitrogens with zero attached hydrogens (tertiary/aromatic N) is 2. The molecule has 0 spiro atoms. The Kier molecular flexibility index (Phi) is 2.64. The maximum Gasteiger partial charge on any atom is 0.416 e.